The van der Waals surface area contributed by atoms with E-state index in [0.29, 0.717) is 31.9 Å². The van der Waals surface area contributed by atoms with Crippen LogP contribution in [-0.2, 0) is 9.53 Å². The molecule has 33 heavy (non-hydrogen) atoms. The second-order valence-corrected chi connectivity index (χ2v) is 9.76. The maximum atomic E-state index is 13.6. The van der Waals surface area contributed by atoms with Crippen molar-refractivity contribution in [3.05, 3.63) is 95.1 Å². The Hall–Kier alpha value is -2.97. The molecule has 0 radical (unpaired) electrons. The molecule has 0 unspecified atom stereocenters. The van der Waals surface area contributed by atoms with Gasteiger partial charge >= 0.3 is 5.97 Å². The Balaban J connectivity index is 2.01. The molecule has 8 heteroatoms. The van der Waals surface area contributed by atoms with E-state index in [1.807, 2.05) is 48.5 Å². The Kier molecular flexibility index (Phi) is 6.67. The maximum absolute atomic E-state index is 13.6. The van der Waals surface area contributed by atoms with Gasteiger partial charge in [0, 0.05) is 10.0 Å². The highest BCUT2D eigenvalue weighted by molar-refractivity contribution is 9.10. The zero-order valence-corrected chi connectivity index (χ0v) is 21.1. The Morgan fingerprint density at radius 3 is 2.61 bits per heavy atom. The van der Waals surface area contributed by atoms with Crippen LogP contribution in [0.4, 0.5) is 0 Å². The molecule has 1 aliphatic rings. The van der Waals surface area contributed by atoms with Gasteiger partial charge in [-0.2, -0.15) is 0 Å². The van der Waals surface area contributed by atoms with Crippen LogP contribution in [0.5, 0.6) is 5.75 Å². The lowest BCUT2D eigenvalue weighted by Crippen LogP contribution is -2.40. The summed E-state index contributed by atoms with van der Waals surface area (Å²) < 4.78 is 14.1. The van der Waals surface area contributed by atoms with Gasteiger partial charge in [0.25, 0.3) is 5.56 Å². The zero-order valence-electron chi connectivity index (χ0n) is 18.7. The second kappa shape index (κ2) is 9.49. The molecular weight excluding hydrogens is 504 g/mol. The predicted molar refractivity (Wildman–Crippen MR) is 132 cm³/mol. The number of nitrogens with zero attached hydrogens (tertiary/aromatic N) is 2. The first-order valence-corrected chi connectivity index (χ1v) is 12.0. The number of rotatable bonds is 5. The largest absolute Gasteiger partial charge is 0.496 e. The van der Waals surface area contributed by atoms with Gasteiger partial charge in [-0.3, -0.25) is 9.36 Å². The van der Waals surface area contributed by atoms with Crippen molar-refractivity contribution < 1.29 is 14.3 Å². The summed E-state index contributed by atoms with van der Waals surface area (Å²) in [5.74, 6) is 0.0565. The van der Waals surface area contributed by atoms with Crippen LogP contribution in [0.2, 0.25) is 0 Å². The molecule has 1 atom stereocenters. The van der Waals surface area contributed by atoms with E-state index in [2.05, 4.69) is 20.9 Å². The number of benzene rings is 2. The van der Waals surface area contributed by atoms with E-state index in [0.717, 1.165) is 10.0 Å². The minimum atomic E-state index is -0.738. The first-order valence-electron chi connectivity index (χ1n) is 10.4. The predicted octanol–water partition coefficient (Wildman–Crippen LogP) is 3.96. The van der Waals surface area contributed by atoms with E-state index in [1.165, 1.54) is 11.3 Å². The minimum absolute atomic E-state index is 0.225. The standard InChI is InChI=1S/C25H23BrN2O4S/c1-14(2)32-24(30)21-15(3)27-25-28(22(21)18-13-17(26)10-11-19(18)31-4)23(29)20(33-25)12-16-8-6-5-7-9-16/h5-14,22H,1-4H3/b20-12-/t22-/m0/s1. The third-order valence-electron chi connectivity index (χ3n) is 5.17. The number of hydrogen-bond donors (Lipinski definition) is 0. The molecule has 2 aromatic carbocycles. The minimum Gasteiger partial charge on any atom is -0.496 e. The van der Waals surface area contributed by atoms with Gasteiger partial charge in [-0.1, -0.05) is 57.6 Å². The molecule has 1 aromatic heterocycles. The highest BCUT2D eigenvalue weighted by Crippen LogP contribution is 2.37. The number of methoxy groups -OCH3 is 1. The van der Waals surface area contributed by atoms with E-state index in [9.17, 15) is 9.59 Å². The smallest absolute Gasteiger partial charge is 0.338 e. The molecule has 0 saturated carbocycles. The van der Waals surface area contributed by atoms with Crippen molar-refractivity contribution in [1.29, 1.82) is 0 Å². The number of esters is 1. The number of halogens is 1. The fraction of sp³-hybridized carbons (Fsp3) is 0.240. The maximum Gasteiger partial charge on any atom is 0.338 e. The number of carbonyl (C=O) groups excluding carboxylic acids is 1. The molecule has 0 aliphatic carbocycles. The van der Waals surface area contributed by atoms with Gasteiger partial charge < -0.3 is 9.47 Å². The molecule has 0 amide bonds. The van der Waals surface area contributed by atoms with Crippen LogP contribution < -0.4 is 19.6 Å². The van der Waals surface area contributed by atoms with Crippen molar-refractivity contribution in [3.8, 4) is 5.75 Å². The zero-order chi connectivity index (χ0) is 23.7. The summed E-state index contributed by atoms with van der Waals surface area (Å²) in [5, 5.41) is 0. The number of allylic oxidation sites excluding steroid dienone is 1. The molecule has 0 spiro atoms. The van der Waals surface area contributed by atoms with Gasteiger partial charge in [-0.15, -0.1) is 0 Å². The number of hydrogen-bond acceptors (Lipinski definition) is 6. The molecule has 1 aliphatic heterocycles. The normalized spacial score (nSPS) is 15.9. The average molecular weight is 527 g/mol. The van der Waals surface area contributed by atoms with Crippen molar-refractivity contribution in [1.82, 2.24) is 4.57 Å². The first kappa shape index (κ1) is 23.2. The summed E-state index contributed by atoms with van der Waals surface area (Å²) in [6, 6.07) is 14.4. The summed E-state index contributed by atoms with van der Waals surface area (Å²) in [6.07, 6.45) is 1.52. The van der Waals surface area contributed by atoms with Crippen LogP contribution in [0, 0.1) is 0 Å². The number of fused-ring (bicyclic) bond motifs is 1. The summed E-state index contributed by atoms with van der Waals surface area (Å²) in [4.78, 5) is 32.0. The summed E-state index contributed by atoms with van der Waals surface area (Å²) in [5.41, 5.74) is 2.19. The lowest BCUT2D eigenvalue weighted by Gasteiger charge is -2.26. The van der Waals surface area contributed by atoms with Gasteiger partial charge in [0.1, 0.15) is 11.8 Å². The van der Waals surface area contributed by atoms with Crippen LogP contribution >= 0.6 is 27.3 Å². The Morgan fingerprint density at radius 2 is 1.94 bits per heavy atom. The van der Waals surface area contributed by atoms with Crippen molar-refractivity contribution >= 4 is 39.3 Å². The van der Waals surface area contributed by atoms with Crippen molar-refractivity contribution in [2.24, 2.45) is 4.99 Å². The van der Waals surface area contributed by atoms with Gasteiger partial charge in [-0.25, -0.2) is 9.79 Å². The van der Waals surface area contributed by atoms with Crippen LogP contribution in [0.15, 0.2) is 74.1 Å². The third kappa shape index (κ3) is 4.58. The van der Waals surface area contributed by atoms with E-state index in [1.54, 1.807) is 38.5 Å². The molecule has 0 fully saturated rings. The molecule has 0 saturated heterocycles. The molecule has 0 bridgehead atoms. The SMILES string of the molecule is COc1ccc(Br)cc1[C@H]1C(C(=O)OC(C)C)=C(C)N=c2s/c(=C\c3ccccc3)c(=O)n21. The highest BCUT2D eigenvalue weighted by atomic mass is 79.9. The summed E-state index contributed by atoms with van der Waals surface area (Å²) in [7, 11) is 1.56. The molecular formula is C25H23BrN2O4S. The topological polar surface area (TPSA) is 69.9 Å². The fourth-order valence-corrected chi connectivity index (χ4v) is 5.20. The van der Waals surface area contributed by atoms with Crippen LogP contribution in [0.25, 0.3) is 6.08 Å². The van der Waals surface area contributed by atoms with Crippen LogP contribution in [-0.4, -0.2) is 23.8 Å². The number of aromatic nitrogens is 1. The Morgan fingerprint density at radius 1 is 1.21 bits per heavy atom. The van der Waals surface area contributed by atoms with Gasteiger partial charge in [0.15, 0.2) is 4.80 Å². The van der Waals surface area contributed by atoms with Crippen LogP contribution in [0.1, 0.15) is 37.9 Å². The van der Waals surface area contributed by atoms with E-state index < -0.39 is 12.0 Å². The van der Waals surface area contributed by atoms with E-state index in [4.69, 9.17) is 9.47 Å². The van der Waals surface area contributed by atoms with Gasteiger partial charge in [0.2, 0.25) is 0 Å². The Labute approximate surface area is 203 Å². The van der Waals surface area contributed by atoms with Gasteiger partial charge in [-0.05, 0) is 50.6 Å². The number of carbonyl (C=O) groups is 1. The number of ether oxygens (including phenoxy) is 2. The summed E-state index contributed by atoms with van der Waals surface area (Å²) in [6.45, 7) is 5.35. The molecule has 4 rings (SSSR count). The lowest BCUT2D eigenvalue weighted by atomic mass is 9.95. The quantitative estimate of drug-likeness (QED) is 0.472. The van der Waals surface area contributed by atoms with E-state index >= 15 is 0 Å². The fourth-order valence-electron chi connectivity index (χ4n) is 3.77. The van der Waals surface area contributed by atoms with Crippen molar-refractivity contribution in [2.75, 3.05) is 7.11 Å². The van der Waals surface area contributed by atoms with Crippen LogP contribution in [0.3, 0.4) is 0 Å². The van der Waals surface area contributed by atoms with Crippen molar-refractivity contribution in [3.63, 3.8) is 0 Å². The molecule has 170 valence electrons. The molecule has 2 heterocycles. The molecule has 6 nitrogen and oxygen atoms in total. The summed E-state index contributed by atoms with van der Waals surface area (Å²) >= 11 is 4.80. The van der Waals surface area contributed by atoms with E-state index in [-0.39, 0.29) is 11.7 Å². The Bertz CT molecular complexity index is 1420. The monoisotopic (exact) mass is 526 g/mol. The van der Waals surface area contributed by atoms with Gasteiger partial charge in [0.05, 0.1) is 29.0 Å². The first-order chi connectivity index (χ1) is 15.8. The second-order valence-electron chi connectivity index (χ2n) is 7.83. The molecule has 3 aromatic rings. The van der Waals surface area contributed by atoms with Crippen molar-refractivity contribution in [2.45, 2.75) is 32.9 Å². The average Bonchev–Trinajstić information content (AvgIpc) is 3.07. The number of thiazole rings is 1. The lowest BCUT2D eigenvalue weighted by molar-refractivity contribution is -0.143. The molecule has 0 N–H and O–H groups in total. The third-order valence-corrected chi connectivity index (χ3v) is 6.64. The highest BCUT2D eigenvalue weighted by Gasteiger charge is 2.35.